The fraction of sp³-hybridized carbons (Fsp3) is 0.125. The lowest BCUT2D eigenvalue weighted by molar-refractivity contribution is -0.126. The third-order valence-corrected chi connectivity index (χ3v) is 6.31. The predicted octanol–water partition coefficient (Wildman–Crippen LogP) is 6.48. The van der Waals surface area contributed by atoms with E-state index in [0.717, 1.165) is 5.56 Å². The summed E-state index contributed by atoms with van der Waals surface area (Å²) in [6.07, 6.45) is 0.955. The molecule has 7 nitrogen and oxygen atoms in total. The van der Waals surface area contributed by atoms with Crippen LogP contribution in [0.5, 0.6) is 11.5 Å². The van der Waals surface area contributed by atoms with Crippen LogP contribution < -0.4 is 20.2 Å². The Bertz CT molecular complexity index is 1270. The van der Waals surface area contributed by atoms with Gasteiger partial charge < -0.3 is 14.8 Å². The number of carbonyl (C=O) groups excluding carboxylic acids is 2. The van der Waals surface area contributed by atoms with Gasteiger partial charge in [-0.3, -0.25) is 9.59 Å². The maximum Gasteiger partial charge on any atom is 0.249 e. The van der Waals surface area contributed by atoms with Crippen LogP contribution in [0.1, 0.15) is 17.5 Å². The van der Waals surface area contributed by atoms with Gasteiger partial charge in [-0.05, 0) is 51.8 Å². The molecule has 0 atom stereocenters. The Balaban J connectivity index is 1.58. The van der Waals surface area contributed by atoms with E-state index in [0.29, 0.717) is 37.3 Å². The standard InChI is InChI=1S/C24H19BrCl3N3O4/c1-34-20-10-14(9-16(25)24(20)35-13-15-5-2-3-6-17(15)26)12-29-31-22(33)11-21(32)30-19-8-4-7-18(27)23(19)28/h2-10,12H,11,13H2,1H3,(H,30,32)(H,31,33). The molecule has 0 aliphatic carbocycles. The summed E-state index contributed by atoms with van der Waals surface area (Å²) < 4.78 is 11.9. The Hall–Kier alpha value is -2.78. The molecule has 0 heterocycles. The second-order valence-electron chi connectivity index (χ2n) is 7.03. The molecule has 3 aromatic rings. The smallest absolute Gasteiger partial charge is 0.249 e. The van der Waals surface area contributed by atoms with Crippen LogP contribution in [0, 0.1) is 0 Å². The molecule has 0 saturated carbocycles. The van der Waals surface area contributed by atoms with E-state index in [1.54, 1.807) is 36.4 Å². The van der Waals surface area contributed by atoms with E-state index in [2.05, 4.69) is 31.8 Å². The summed E-state index contributed by atoms with van der Waals surface area (Å²) in [4.78, 5) is 24.2. The van der Waals surface area contributed by atoms with Crippen molar-refractivity contribution in [3.63, 3.8) is 0 Å². The first-order valence-corrected chi connectivity index (χ1v) is 12.0. The van der Waals surface area contributed by atoms with Crippen LogP contribution in [-0.4, -0.2) is 25.1 Å². The molecule has 11 heteroatoms. The van der Waals surface area contributed by atoms with Gasteiger partial charge in [0.05, 0.1) is 33.5 Å². The van der Waals surface area contributed by atoms with Gasteiger partial charge in [0.25, 0.3) is 0 Å². The predicted molar refractivity (Wildman–Crippen MR) is 142 cm³/mol. The molecule has 0 unspecified atom stereocenters. The number of benzene rings is 3. The number of carbonyl (C=O) groups is 2. The highest BCUT2D eigenvalue weighted by atomic mass is 79.9. The molecule has 3 aromatic carbocycles. The normalized spacial score (nSPS) is 10.8. The van der Waals surface area contributed by atoms with Gasteiger partial charge in [-0.2, -0.15) is 5.10 Å². The first-order valence-electron chi connectivity index (χ1n) is 10.1. The van der Waals surface area contributed by atoms with Crippen LogP contribution in [0.15, 0.2) is 64.2 Å². The second-order valence-corrected chi connectivity index (χ2v) is 9.08. The summed E-state index contributed by atoms with van der Waals surface area (Å²) in [5.41, 5.74) is 4.07. The molecule has 3 rings (SSSR count). The van der Waals surface area contributed by atoms with Gasteiger partial charge in [-0.15, -0.1) is 0 Å². The number of nitrogens with one attached hydrogen (secondary N) is 2. The molecule has 0 bridgehead atoms. The van der Waals surface area contributed by atoms with Gasteiger partial charge in [-0.1, -0.05) is 59.1 Å². The molecule has 0 spiro atoms. The largest absolute Gasteiger partial charge is 0.493 e. The maximum absolute atomic E-state index is 12.1. The number of amides is 2. The van der Waals surface area contributed by atoms with Gasteiger partial charge in [-0.25, -0.2) is 5.43 Å². The number of rotatable bonds is 9. The third-order valence-electron chi connectivity index (χ3n) is 4.53. The van der Waals surface area contributed by atoms with Gasteiger partial charge in [0, 0.05) is 10.6 Å². The van der Waals surface area contributed by atoms with Crippen LogP contribution >= 0.6 is 50.7 Å². The van der Waals surface area contributed by atoms with E-state index in [-0.39, 0.29) is 11.6 Å². The molecule has 182 valence electrons. The quantitative estimate of drug-likeness (QED) is 0.168. The highest BCUT2D eigenvalue weighted by Gasteiger charge is 2.14. The van der Waals surface area contributed by atoms with Gasteiger partial charge in [0.2, 0.25) is 11.8 Å². The summed E-state index contributed by atoms with van der Waals surface area (Å²) >= 11 is 21.6. The number of hydrogen-bond acceptors (Lipinski definition) is 5. The number of hydrazone groups is 1. The van der Waals surface area contributed by atoms with Crippen molar-refractivity contribution in [2.45, 2.75) is 13.0 Å². The monoisotopic (exact) mass is 597 g/mol. The topological polar surface area (TPSA) is 89.0 Å². The third kappa shape index (κ3) is 7.60. The van der Waals surface area contributed by atoms with Crippen LogP contribution in [0.25, 0.3) is 0 Å². The number of hydrogen-bond donors (Lipinski definition) is 2. The maximum atomic E-state index is 12.1. The van der Waals surface area contributed by atoms with E-state index >= 15 is 0 Å². The molecule has 2 N–H and O–H groups in total. The van der Waals surface area contributed by atoms with Crippen LogP contribution in [0.4, 0.5) is 5.69 Å². The van der Waals surface area contributed by atoms with Crippen molar-refractivity contribution >= 4 is 74.4 Å². The van der Waals surface area contributed by atoms with Crippen molar-refractivity contribution in [3.8, 4) is 11.5 Å². The van der Waals surface area contributed by atoms with Crippen molar-refractivity contribution in [1.82, 2.24) is 5.43 Å². The Morgan fingerprint density at radius 3 is 2.51 bits per heavy atom. The zero-order chi connectivity index (χ0) is 25.4. The SMILES string of the molecule is COc1cc(C=NNC(=O)CC(=O)Nc2cccc(Cl)c2Cl)cc(Br)c1OCc1ccccc1Cl. The average Bonchev–Trinajstić information content (AvgIpc) is 2.82. The van der Waals surface area contributed by atoms with Gasteiger partial charge in [0.15, 0.2) is 11.5 Å². The lowest BCUT2D eigenvalue weighted by Crippen LogP contribution is -2.24. The number of nitrogens with zero attached hydrogens (tertiary/aromatic N) is 1. The minimum absolute atomic E-state index is 0.194. The van der Waals surface area contributed by atoms with E-state index in [1.165, 1.54) is 13.3 Å². The Kier molecular flexibility index (Phi) is 9.80. The Morgan fingerprint density at radius 2 is 1.77 bits per heavy atom. The van der Waals surface area contributed by atoms with Gasteiger partial charge in [0.1, 0.15) is 13.0 Å². The van der Waals surface area contributed by atoms with Gasteiger partial charge >= 0.3 is 0 Å². The summed E-state index contributed by atoms with van der Waals surface area (Å²) in [6.45, 7) is 0.251. The van der Waals surface area contributed by atoms with E-state index in [4.69, 9.17) is 44.3 Å². The number of ether oxygens (including phenoxy) is 2. The Morgan fingerprint density at radius 1 is 1.03 bits per heavy atom. The summed E-state index contributed by atoms with van der Waals surface area (Å²) in [5.74, 6) is -0.226. The van der Waals surface area contributed by atoms with Crippen molar-refractivity contribution in [2.24, 2.45) is 5.10 Å². The number of anilines is 1. The molecule has 0 aliphatic rings. The highest BCUT2D eigenvalue weighted by Crippen LogP contribution is 2.37. The van der Waals surface area contributed by atoms with Crippen LogP contribution in [0.2, 0.25) is 15.1 Å². The molecule has 0 fully saturated rings. The summed E-state index contributed by atoms with van der Waals surface area (Å²) in [6, 6.07) is 15.6. The van der Waals surface area contributed by atoms with Crippen molar-refractivity contribution in [3.05, 3.63) is 85.3 Å². The number of methoxy groups -OCH3 is 1. The van der Waals surface area contributed by atoms with Crippen LogP contribution in [-0.2, 0) is 16.2 Å². The fourth-order valence-corrected chi connectivity index (χ4v) is 3.99. The lowest BCUT2D eigenvalue weighted by atomic mass is 10.2. The zero-order valence-electron chi connectivity index (χ0n) is 18.3. The van der Waals surface area contributed by atoms with E-state index < -0.39 is 18.2 Å². The summed E-state index contributed by atoms with van der Waals surface area (Å²) in [5, 5.41) is 7.52. The summed E-state index contributed by atoms with van der Waals surface area (Å²) in [7, 11) is 1.51. The lowest BCUT2D eigenvalue weighted by Gasteiger charge is -2.14. The van der Waals surface area contributed by atoms with Crippen molar-refractivity contribution < 1.29 is 19.1 Å². The van der Waals surface area contributed by atoms with Crippen LogP contribution in [0.3, 0.4) is 0 Å². The second kappa shape index (κ2) is 12.8. The molecule has 0 aromatic heterocycles. The number of halogens is 4. The fourth-order valence-electron chi connectivity index (χ4n) is 2.88. The molecule has 0 radical (unpaired) electrons. The molecular formula is C24H19BrCl3N3O4. The molecule has 35 heavy (non-hydrogen) atoms. The molecule has 0 saturated heterocycles. The van der Waals surface area contributed by atoms with Crippen molar-refractivity contribution in [1.29, 1.82) is 0 Å². The first kappa shape index (κ1) is 26.8. The van der Waals surface area contributed by atoms with E-state index in [1.807, 2.05) is 18.2 Å². The zero-order valence-corrected chi connectivity index (χ0v) is 22.1. The van der Waals surface area contributed by atoms with E-state index in [9.17, 15) is 9.59 Å². The molecule has 2 amide bonds. The van der Waals surface area contributed by atoms with Crippen molar-refractivity contribution in [2.75, 3.05) is 12.4 Å². The molecular weight excluding hydrogens is 581 g/mol. The first-order chi connectivity index (χ1) is 16.8. The average molecular weight is 600 g/mol. The minimum Gasteiger partial charge on any atom is -0.493 e. The molecule has 0 aliphatic heterocycles. The Labute approximate surface area is 225 Å². The highest BCUT2D eigenvalue weighted by molar-refractivity contribution is 9.10. The minimum atomic E-state index is -0.609.